The highest BCUT2D eigenvalue weighted by atomic mass is 16.7. The van der Waals surface area contributed by atoms with Crippen LogP contribution in [0.3, 0.4) is 0 Å². The van der Waals surface area contributed by atoms with E-state index >= 15 is 0 Å². The van der Waals surface area contributed by atoms with Crippen LogP contribution in [0.2, 0.25) is 0 Å². The first-order valence-electron chi connectivity index (χ1n) is 5.87. The molecular weight excluding hydrogens is 248 g/mol. The molecule has 0 aromatic heterocycles. The Morgan fingerprint density at radius 1 is 1.05 bits per heavy atom. The van der Waals surface area contributed by atoms with Crippen LogP contribution >= 0.6 is 0 Å². The molecule has 0 radical (unpaired) electrons. The van der Waals surface area contributed by atoms with E-state index in [1.165, 1.54) is 13.8 Å². The number of Topliss-reactive ketones (excluding diaryl/α,β-unsaturated/α-hetero) is 1. The van der Waals surface area contributed by atoms with Gasteiger partial charge in [-0.25, -0.2) is 0 Å². The largest absolute Gasteiger partial charge is 0.422 e. The van der Waals surface area contributed by atoms with E-state index in [9.17, 15) is 14.4 Å². The first-order chi connectivity index (χ1) is 8.80. The Hall–Kier alpha value is -2.17. The second-order valence-corrected chi connectivity index (χ2v) is 4.91. The molecule has 0 unspecified atom stereocenters. The number of cyclic esters (lactones) is 2. The van der Waals surface area contributed by atoms with Gasteiger partial charge in [-0.2, -0.15) is 0 Å². The number of hydrogen-bond donors (Lipinski definition) is 0. The lowest BCUT2D eigenvalue weighted by molar-refractivity contribution is -0.236. The Morgan fingerprint density at radius 3 is 2.00 bits per heavy atom. The normalized spacial score (nSPS) is 18.7. The van der Waals surface area contributed by atoms with E-state index in [4.69, 9.17) is 9.47 Å². The first-order valence-corrected chi connectivity index (χ1v) is 5.87. The maximum atomic E-state index is 12.1. The molecule has 5 nitrogen and oxygen atoms in total. The molecule has 1 aromatic rings. The van der Waals surface area contributed by atoms with Gasteiger partial charge in [0.2, 0.25) is 5.92 Å². The number of aryl methyl sites for hydroxylation is 1. The van der Waals surface area contributed by atoms with Crippen molar-refractivity contribution in [1.82, 2.24) is 0 Å². The average Bonchev–Trinajstić information content (AvgIpc) is 2.26. The molecule has 0 atom stereocenters. The lowest BCUT2D eigenvalue weighted by Gasteiger charge is -2.32. The highest BCUT2D eigenvalue weighted by Crippen LogP contribution is 2.25. The van der Waals surface area contributed by atoms with E-state index in [-0.39, 0.29) is 5.56 Å². The molecule has 1 aliphatic heterocycles. The zero-order valence-corrected chi connectivity index (χ0v) is 10.9. The Bertz CT molecular complexity index is 521. The van der Waals surface area contributed by atoms with Crippen LogP contribution in [0, 0.1) is 12.8 Å². The van der Waals surface area contributed by atoms with Crippen molar-refractivity contribution in [3.05, 3.63) is 35.4 Å². The molecule has 5 heteroatoms. The summed E-state index contributed by atoms with van der Waals surface area (Å²) in [5.74, 6) is -5.20. The Balaban J connectivity index is 2.26. The first kappa shape index (κ1) is 13.3. The summed E-state index contributed by atoms with van der Waals surface area (Å²) < 4.78 is 9.84. The van der Waals surface area contributed by atoms with Crippen LogP contribution in [0.1, 0.15) is 29.8 Å². The molecule has 0 saturated carbocycles. The maximum absolute atomic E-state index is 12.1. The molecule has 0 aliphatic carbocycles. The Kier molecular flexibility index (Phi) is 3.14. The summed E-state index contributed by atoms with van der Waals surface area (Å²) >= 11 is 0. The van der Waals surface area contributed by atoms with Crippen molar-refractivity contribution < 1.29 is 23.9 Å². The Morgan fingerprint density at radius 2 is 1.53 bits per heavy atom. The van der Waals surface area contributed by atoms with Gasteiger partial charge in [0.25, 0.3) is 5.79 Å². The van der Waals surface area contributed by atoms with Crippen molar-refractivity contribution in [1.29, 1.82) is 0 Å². The van der Waals surface area contributed by atoms with Crippen LogP contribution in [0.25, 0.3) is 0 Å². The van der Waals surface area contributed by atoms with Gasteiger partial charge >= 0.3 is 11.9 Å². The summed E-state index contributed by atoms with van der Waals surface area (Å²) in [7, 11) is 0. The molecule has 0 spiro atoms. The predicted octanol–water partition coefficient (Wildman–Crippen LogP) is 1.63. The maximum Gasteiger partial charge on any atom is 0.331 e. The molecule has 1 fully saturated rings. The zero-order chi connectivity index (χ0) is 14.2. The van der Waals surface area contributed by atoms with E-state index in [1.54, 1.807) is 24.3 Å². The summed E-state index contributed by atoms with van der Waals surface area (Å²) in [5, 5.41) is 0. The van der Waals surface area contributed by atoms with Crippen molar-refractivity contribution in [3.8, 4) is 0 Å². The van der Waals surface area contributed by atoms with Gasteiger partial charge in [0.05, 0.1) is 0 Å². The number of carbonyl (C=O) groups excluding carboxylic acids is 3. The summed E-state index contributed by atoms with van der Waals surface area (Å²) in [4.78, 5) is 35.7. The summed E-state index contributed by atoms with van der Waals surface area (Å²) in [6.45, 7) is 4.75. The fourth-order valence-electron chi connectivity index (χ4n) is 1.82. The van der Waals surface area contributed by atoms with Crippen molar-refractivity contribution in [3.63, 3.8) is 0 Å². The second kappa shape index (κ2) is 4.50. The third-order valence-electron chi connectivity index (χ3n) is 2.76. The molecule has 2 rings (SSSR count). The number of esters is 2. The fraction of sp³-hybridized carbons (Fsp3) is 0.357. The number of carbonyl (C=O) groups is 3. The molecule has 100 valence electrons. The molecule has 1 aromatic carbocycles. The minimum atomic E-state index is -1.53. The second-order valence-electron chi connectivity index (χ2n) is 4.91. The van der Waals surface area contributed by atoms with Crippen molar-refractivity contribution in [2.24, 2.45) is 5.92 Å². The highest BCUT2D eigenvalue weighted by molar-refractivity contribution is 6.21. The molecule has 0 bridgehead atoms. The minimum Gasteiger partial charge on any atom is -0.422 e. The van der Waals surface area contributed by atoms with Crippen LogP contribution in [-0.2, 0) is 19.1 Å². The van der Waals surface area contributed by atoms with Crippen LogP contribution in [-0.4, -0.2) is 23.5 Å². The fourth-order valence-corrected chi connectivity index (χ4v) is 1.82. The van der Waals surface area contributed by atoms with Crippen LogP contribution in [0.15, 0.2) is 24.3 Å². The summed E-state index contributed by atoms with van der Waals surface area (Å²) in [6, 6.07) is 6.60. The van der Waals surface area contributed by atoms with Gasteiger partial charge in [-0.1, -0.05) is 29.8 Å². The van der Waals surface area contributed by atoms with E-state index in [0.717, 1.165) is 5.56 Å². The molecule has 1 saturated heterocycles. The van der Waals surface area contributed by atoms with Gasteiger partial charge in [-0.3, -0.25) is 14.4 Å². The van der Waals surface area contributed by atoms with Gasteiger partial charge in [0.1, 0.15) is 0 Å². The molecule has 1 aliphatic rings. The molecule has 0 amide bonds. The third-order valence-corrected chi connectivity index (χ3v) is 2.76. The van der Waals surface area contributed by atoms with Crippen molar-refractivity contribution >= 4 is 17.7 Å². The van der Waals surface area contributed by atoms with Crippen LogP contribution < -0.4 is 0 Å². The number of hydrogen-bond acceptors (Lipinski definition) is 5. The van der Waals surface area contributed by atoms with E-state index < -0.39 is 29.4 Å². The van der Waals surface area contributed by atoms with Gasteiger partial charge in [0.15, 0.2) is 5.78 Å². The lowest BCUT2D eigenvalue weighted by atomic mass is 9.96. The summed E-state index contributed by atoms with van der Waals surface area (Å²) in [5.41, 5.74) is 1.26. The van der Waals surface area contributed by atoms with Crippen molar-refractivity contribution in [2.75, 3.05) is 0 Å². The van der Waals surface area contributed by atoms with Crippen molar-refractivity contribution in [2.45, 2.75) is 26.6 Å². The number of benzene rings is 1. The highest BCUT2D eigenvalue weighted by Gasteiger charge is 2.47. The quantitative estimate of drug-likeness (QED) is 0.460. The standard InChI is InChI=1S/C14H14O5/c1-8-4-6-9(7-5-8)11(15)10-12(16)18-14(2,3)19-13(10)17/h4-7,10H,1-3H3. The molecule has 19 heavy (non-hydrogen) atoms. The number of ether oxygens (including phenoxy) is 2. The predicted molar refractivity (Wildman–Crippen MR) is 65.3 cm³/mol. The Labute approximate surface area is 110 Å². The third kappa shape index (κ3) is 2.65. The van der Waals surface area contributed by atoms with Gasteiger partial charge in [0, 0.05) is 19.4 Å². The molecule has 0 N–H and O–H groups in total. The van der Waals surface area contributed by atoms with Crippen LogP contribution in [0.4, 0.5) is 0 Å². The van der Waals surface area contributed by atoms with E-state index in [1.807, 2.05) is 6.92 Å². The van der Waals surface area contributed by atoms with Gasteiger partial charge in [-0.05, 0) is 6.92 Å². The molecular formula is C14H14O5. The van der Waals surface area contributed by atoms with E-state index in [0.29, 0.717) is 0 Å². The van der Waals surface area contributed by atoms with Crippen LogP contribution in [0.5, 0.6) is 0 Å². The van der Waals surface area contributed by atoms with E-state index in [2.05, 4.69) is 0 Å². The minimum absolute atomic E-state index is 0.282. The SMILES string of the molecule is Cc1ccc(C(=O)C2C(=O)OC(C)(C)OC2=O)cc1. The monoisotopic (exact) mass is 262 g/mol. The number of rotatable bonds is 2. The molecule has 1 heterocycles. The average molecular weight is 262 g/mol. The topological polar surface area (TPSA) is 69.7 Å². The van der Waals surface area contributed by atoms with Gasteiger partial charge in [-0.15, -0.1) is 0 Å². The lowest BCUT2D eigenvalue weighted by Crippen LogP contribution is -2.49. The zero-order valence-electron chi connectivity index (χ0n) is 10.9. The summed E-state index contributed by atoms with van der Waals surface area (Å²) in [6.07, 6.45) is 0. The smallest absolute Gasteiger partial charge is 0.331 e. The number of ketones is 1. The van der Waals surface area contributed by atoms with Gasteiger partial charge < -0.3 is 9.47 Å².